The molecule has 1 nitrogen and oxygen atoms in total. The number of nitrogens with one attached hydrogen (secondary N) is 1. The zero-order chi connectivity index (χ0) is 57.3. The average Bonchev–Trinajstić information content (AvgIpc) is 3.39. The molecule has 0 unspecified atom stereocenters. The van der Waals surface area contributed by atoms with E-state index in [-0.39, 0.29) is 0 Å². The van der Waals surface area contributed by atoms with Gasteiger partial charge in [-0.1, -0.05) is 0 Å². The highest BCUT2D eigenvalue weighted by Gasteiger charge is 2.52. The largest absolute Gasteiger partial charge is 0.336 e. The first kappa shape index (κ1) is 56.6. The summed E-state index contributed by atoms with van der Waals surface area (Å²) in [7, 11) is 0. The van der Waals surface area contributed by atoms with E-state index in [1.54, 1.807) is 4.90 Å². The van der Waals surface area contributed by atoms with Crippen molar-refractivity contribution >= 4 is 71.1 Å². The Labute approximate surface area is 402 Å². The molecule has 8 aromatic rings. The molecule has 30 heteroatoms. The van der Waals surface area contributed by atoms with Gasteiger partial charge in [-0.3, -0.25) is 0 Å². The highest BCUT2D eigenvalue weighted by atomic mass is 19.2. The van der Waals surface area contributed by atoms with Crippen molar-refractivity contribution in [2.24, 2.45) is 0 Å². The molecular formula is C46H16BF28N. The molecule has 0 saturated heterocycles. The van der Waals surface area contributed by atoms with Crippen LogP contribution in [0.3, 0.4) is 0 Å². The van der Waals surface area contributed by atoms with E-state index in [0.29, 0.717) is 0 Å². The maximum Gasteiger partial charge on any atom is 0.198 e. The second-order valence-electron chi connectivity index (χ2n) is 16.1. The fourth-order valence-electron chi connectivity index (χ4n) is 9.34. The van der Waals surface area contributed by atoms with E-state index in [0.717, 1.165) is 0 Å². The molecule has 76 heavy (non-hydrogen) atoms. The SMILES string of the molecule is CC[NH+](CC)CC.Fc1c(F)c(F)c2c([B-](c3c(F)c(F)c(F)c4c(F)c(F)c(F)c(F)c34)(c3c(F)c(F)c(F)c4c(F)c(F)c(F)c(F)c34)c3c(F)c(F)c(F)c4c(F)c(F)c(F)c(F)c34)c(F)c(F)c(F)c2c1F. The molecule has 404 valence electrons. The average molecular weight is 1130 g/mol. The molecule has 0 aliphatic heterocycles. The van der Waals surface area contributed by atoms with E-state index in [4.69, 9.17) is 0 Å². The van der Waals surface area contributed by atoms with Crippen LogP contribution in [0, 0.1) is 163 Å². The molecule has 0 bridgehead atoms. The lowest BCUT2D eigenvalue weighted by Crippen LogP contribution is -3.11. The first-order valence-corrected chi connectivity index (χ1v) is 20.6. The zero-order valence-electron chi connectivity index (χ0n) is 36.8. The van der Waals surface area contributed by atoms with Gasteiger partial charge in [0.1, 0.15) is 29.4 Å². The third kappa shape index (κ3) is 7.33. The summed E-state index contributed by atoms with van der Waals surface area (Å²) in [5, 5.41) is -27.0. The summed E-state index contributed by atoms with van der Waals surface area (Å²) in [5.74, 6) is -104. The van der Waals surface area contributed by atoms with E-state index in [2.05, 4.69) is 20.8 Å². The number of fused-ring (bicyclic) bond motifs is 4. The van der Waals surface area contributed by atoms with Crippen molar-refractivity contribution in [2.45, 2.75) is 20.8 Å². The summed E-state index contributed by atoms with van der Waals surface area (Å²) in [6.07, 6.45) is -8.05. The van der Waals surface area contributed by atoms with E-state index >= 15 is 105 Å². The minimum Gasteiger partial charge on any atom is -0.336 e. The smallest absolute Gasteiger partial charge is 0.198 e. The summed E-state index contributed by atoms with van der Waals surface area (Å²) >= 11 is 0. The fourth-order valence-corrected chi connectivity index (χ4v) is 9.34. The molecule has 0 aliphatic carbocycles. The van der Waals surface area contributed by atoms with E-state index in [9.17, 15) is 17.6 Å². The maximum absolute atomic E-state index is 17.3. The van der Waals surface area contributed by atoms with Crippen LogP contribution >= 0.6 is 0 Å². The van der Waals surface area contributed by atoms with Crippen molar-refractivity contribution in [3.63, 3.8) is 0 Å². The molecule has 0 fully saturated rings. The molecule has 0 saturated carbocycles. The first-order valence-electron chi connectivity index (χ1n) is 20.6. The van der Waals surface area contributed by atoms with Crippen LogP contribution in [0.4, 0.5) is 123 Å². The van der Waals surface area contributed by atoms with Gasteiger partial charge in [0, 0.05) is 0 Å². The van der Waals surface area contributed by atoms with Gasteiger partial charge in [0.25, 0.3) is 0 Å². The zero-order valence-corrected chi connectivity index (χ0v) is 36.8. The summed E-state index contributed by atoms with van der Waals surface area (Å²) < 4.78 is 446. The molecule has 0 spiro atoms. The van der Waals surface area contributed by atoms with Crippen LogP contribution in [0.15, 0.2) is 0 Å². The summed E-state index contributed by atoms with van der Waals surface area (Å²) in [6, 6.07) is 0. The van der Waals surface area contributed by atoms with Crippen molar-refractivity contribution in [3.8, 4) is 0 Å². The molecule has 0 atom stereocenters. The van der Waals surface area contributed by atoms with Crippen LogP contribution in [0.5, 0.6) is 0 Å². The third-order valence-corrected chi connectivity index (χ3v) is 12.7. The van der Waals surface area contributed by atoms with Crippen molar-refractivity contribution in [1.82, 2.24) is 0 Å². The van der Waals surface area contributed by atoms with Gasteiger partial charge in [0.2, 0.25) is 0 Å². The van der Waals surface area contributed by atoms with Gasteiger partial charge >= 0.3 is 0 Å². The predicted molar refractivity (Wildman–Crippen MR) is 211 cm³/mol. The standard InChI is InChI=1S/C40BF28.C6H15N/c42-13-1-5(21(50)37(66)33(13)62)17(46)29(58)25(54)9(1)41(10-2-6(18(47)30(59)26(10)55)22(51)38(67)34(63)14(2)43,11-3-7(19(48)31(60)27(11)56)23(52)39(68)35(64)15(3)44)12-4-8(20(49)32(61)28(12)57)24(53)40(69)36(65)16(4)45;1-4-7(5-2)6-3/h;4-6H2,1-3H3/q-1;/p+1. The van der Waals surface area contributed by atoms with Crippen molar-refractivity contribution < 1.29 is 128 Å². The number of rotatable bonds is 7. The fraction of sp³-hybridized carbons (Fsp3) is 0.130. The summed E-state index contributed by atoms with van der Waals surface area (Å²) in [5.41, 5.74) is -15.5. The van der Waals surface area contributed by atoms with E-state index < -0.39 is 234 Å². The summed E-state index contributed by atoms with van der Waals surface area (Å²) in [4.78, 5) is 1.68. The Morgan fingerprint density at radius 1 is 0.184 bits per heavy atom. The number of hydrogen-bond donors (Lipinski definition) is 1. The van der Waals surface area contributed by atoms with Gasteiger partial charge < -0.3 is 4.90 Å². The Hall–Kier alpha value is -7.14. The highest BCUT2D eigenvalue weighted by Crippen LogP contribution is 2.42. The predicted octanol–water partition coefficient (Wildman–Crippen LogP) is 11.5. The Morgan fingerprint density at radius 2 is 0.303 bits per heavy atom. The monoisotopic (exact) mass is 1130 g/mol. The topological polar surface area (TPSA) is 4.44 Å². The Kier molecular flexibility index (Phi) is 14.5. The molecule has 8 rings (SSSR count). The Balaban J connectivity index is 0.00000112. The normalized spacial score (nSPS) is 12.2. The number of benzene rings is 8. The minimum atomic E-state index is -8.05. The van der Waals surface area contributed by atoms with Gasteiger partial charge in [-0.25, -0.2) is 123 Å². The van der Waals surface area contributed by atoms with Crippen molar-refractivity contribution in [3.05, 3.63) is 163 Å². The van der Waals surface area contributed by atoms with Crippen LogP contribution in [-0.4, -0.2) is 25.8 Å². The number of halogens is 28. The van der Waals surface area contributed by atoms with Gasteiger partial charge in [-0.05, 0) is 42.3 Å². The van der Waals surface area contributed by atoms with E-state index in [1.165, 1.54) is 19.6 Å². The number of quaternary nitrogens is 1. The first-order chi connectivity index (χ1) is 35.3. The maximum atomic E-state index is 17.3. The van der Waals surface area contributed by atoms with Crippen LogP contribution < -0.4 is 26.8 Å². The van der Waals surface area contributed by atoms with Crippen LogP contribution in [0.1, 0.15) is 20.8 Å². The van der Waals surface area contributed by atoms with Crippen molar-refractivity contribution in [2.75, 3.05) is 19.6 Å². The Bertz CT molecular complexity index is 3360. The van der Waals surface area contributed by atoms with Crippen LogP contribution in [0.25, 0.3) is 43.1 Å². The molecule has 0 heterocycles. The van der Waals surface area contributed by atoms with Crippen LogP contribution in [-0.2, 0) is 0 Å². The quantitative estimate of drug-likeness (QED) is 0.0702. The molecule has 0 amide bonds. The molecular weight excluding hydrogens is 1110 g/mol. The molecule has 0 radical (unpaired) electrons. The van der Waals surface area contributed by atoms with E-state index in [1.807, 2.05) is 0 Å². The Morgan fingerprint density at radius 3 is 0.421 bits per heavy atom. The molecule has 0 aromatic heterocycles. The summed E-state index contributed by atoms with van der Waals surface area (Å²) in [6.45, 7) is 10.5. The molecule has 0 aliphatic rings. The second-order valence-corrected chi connectivity index (χ2v) is 16.1. The van der Waals surface area contributed by atoms with Crippen LogP contribution in [0.2, 0.25) is 0 Å². The lowest BCUT2D eigenvalue weighted by atomic mass is 9.11. The second kappa shape index (κ2) is 19.5. The highest BCUT2D eigenvalue weighted by molar-refractivity contribution is 7.23. The van der Waals surface area contributed by atoms with Gasteiger partial charge in [0.15, 0.2) is 140 Å². The molecule has 1 N–H and O–H groups in total. The van der Waals surface area contributed by atoms with Crippen molar-refractivity contribution in [1.29, 1.82) is 0 Å². The minimum absolute atomic E-state index is 1.27. The van der Waals surface area contributed by atoms with Gasteiger partial charge in [0.05, 0.1) is 41.2 Å². The third-order valence-electron chi connectivity index (χ3n) is 12.7. The molecule has 8 aromatic carbocycles. The van der Waals surface area contributed by atoms with Gasteiger partial charge in [-0.2, -0.15) is 0 Å². The lowest BCUT2D eigenvalue weighted by Gasteiger charge is -2.47. The lowest BCUT2D eigenvalue weighted by molar-refractivity contribution is -0.894. The number of hydrogen-bond acceptors (Lipinski definition) is 0. The van der Waals surface area contributed by atoms with Gasteiger partial charge in [-0.15, -0.1) is 21.9 Å².